The predicted molar refractivity (Wildman–Crippen MR) is 175 cm³/mol. The van der Waals surface area contributed by atoms with E-state index in [1.807, 2.05) is 49.4 Å². The molecule has 0 saturated carbocycles. The van der Waals surface area contributed by atoms with Crippen molar-refractivity contribution in [3.8, 4) is 22.8 Å². The van der Waals surface area contributed by atoms with Gasteiger partial charge in [-0.3, -0.25) is 0 Å². The van der Waals surface area contributed by atoms with Crippen LogP contribution in [-0.2, 0) is 28.9 Å². The van der Waals surface area contributed by atoms with Crippen molar-refractivity contribution in [2.24, 2.45) is 0 Å². The maximum Gasteiger partial charge on any atom is 0.347 e. The van der Waals surface area contributed by atoms with Crippen LogP contribution in [0.3, 0.4) is 0 Å². The van der Waals surface area contributed by atoms with E-state index < -0.39 is 6.10 Å². The third-order valence-electron chi connectivity index (χ3n) is 7.75. The first-order chi connectivity index (χ1) is 21.1. The molecule has 4 aromatic rings. The first-order valence-electron chi connectivity index (χ1n) is 15.9. The second-order valence-corrected chi connectivity index (χ2v) is 11.1. The Kier molecular flexibility index (Phi) is 12.8. The Hall–Kier alpha value is -3.99. The highest BCUT2D eigenvalue weighted by molar-refractivity contribution is 5.75. The molecule has 4 rings (SSSR count). The van der Waals surface area contributed by atoms with Gasteiger partial charge >= 0.3 is 5.97 Å². The molecule has 1 atom stereocenters. The summed E-state index contributed by atoms with van der Waals surface area (Å²) >= 11 is 0. The lowest BCUT2D eigenvalue weighted by Gasteiger charge is -2.18. The average molecular weight is 582 g/mol. The number of esters is 1. The Morgan fingerprint density at radius 2 is 1.44 bits per heavy atom. The molecule has 0 spiro atoms. The minimum atomic E-state index is -0.702. The molecule has 0 N–H and O–H groups in total. The smallest absolute Gasteiger partial charge is 0.347 e. The summed E-state index contributed by atoms with van der Waals surface area (Å²) in [6, 6.07) is 30.7. The van der Waals surface area contributed by atoms with Crippen molar-refractivity contribution >= 4 is 5.97 Å². The zero-order chi connectivity index (χ0) is 30.3. The topological polar surface area (TPSA) is 49.7 Å². The highest BCUT2D eigenvalue weighted by Crippen LogP contribution is 2.26. The minimum absolute atomic E-state index is 0.319. The number of aryl methyl sites for hydroxylation is 2. The number of benzene rings is 3. The molecule has 43 heavy (non-hydrogen) atoms. The van der Waals surface area contributed by atoms with Crippen molar-refractivity contribution in [3.05, 3.63) is 108 Å². The Morgan fingerprint density at radius 3 is 2.16 bits per heavy atom. The van der Waals surface area contributed by atoms with Gasteiger partial charge in [0.05, 0.1) is 13.2 Å². The van der Waals surface area contributed by atoms with Gasteiger partial charge in [-0.25, -0.2) is 4.79 Å². The van der Waals surface area contributed by atoms with Crippen molar-refractivity contribution in [3.63, 3.8) is 0 Å². The van der Waals surface area contributed by atoms with Crippen LogP contribution in [0.1, 0.15) is 69.2 Å². The van der Waals surface area contributed by atoms with E-state index in [4.69, 9.17) is 14.2 Å². The molecule has 0 unspecified atom stereocenters. The standard InChI is InChI=1S/C38H47NO4/c1-4-6-7-8-9-13-28-42-34-21-17-31(18-22-34)26-27-39-30(3)16-25-36(39)33-19-23-35(24-20-33)43-37(38(40)41-5-2)29-32-14-11-10-12-15-32/h10-12,14-25,37H,4-9,13,26-29H2,1-3H3/t37-/m1/s1. The van der Waals surface area contributed by atoms with Crippen molar-refractivity contribution in [2.45, 2.75) is 84.8 Å². The van der Waals surface area contributed by atoms with E-state index in [1.54, 1.807) is 0 Å². The van der Waals surface area contributed by atoms with Gasteiger partial charge in [0, 0.05) is 24.4 Å². The summed E-state index contributed by atoms with van der Waals surface area (Å²) in [7, 11) is 0. The highest BCUT2D eigenvalue weighted by Gasteiger charge is 2.22. The third-order valence-corrected chi connectivity index (χ3v) is 7.75. The van der Waals surface area contributed by atoms with Gasteiger partial charge in [0.2, 0.25) is 0 Å². The average Bonchev–Trinajstić information content (AvgIpc) is 3.40. The quantitative estimate of drug-likeness (QED) is 0.0869. The Bertz CT molecular complexity index is 1360. The molecule has 228 valence electrons. The molecule has 0 aliphatic heterocycles. The van der Waals surface area contributed by atoms with E-state index in [0.29, 0.717) is 18.8 Å². The SMILES string of the molecule is CCCCCCCCOc1ccc(CCn2c(C)ccc2-c2ccc(O[C@H](Cc3ccccc3)C(=O)OCC)cc2)cc1. The van der Waals surface area contributed by atoms with Crippen LogP contribution in [0.4, 0.5) is 0 Å². The lowest BCUT2D eigenvalue weighted by Crippen LogP contribution is -2.31. The number of unbranched alkanes of at least 4 members (excludes halogenated alkanes) is 5. The van der Waals surface area contributed by atoms with Crippen LogP contribution in [0, 0.1) is 6.92 Å². The van der Waals surface area contributed by atoms with E-state index in [1.165, 1.54) is 43.4 Å². The van der Waals surface area contributed by atoms with Gasteiger partial charge in [0.15, 0.2) is 6.10 Å². The number of nitrogens with zero attached hydrogens (tertiary/aromatic N) is 1. The molecule has 0 aliphatic carbocycles. The van der Waals surface area contributed by atoms with Gasteiger partial charge in [-0.05, 0) is 91.9 Å². The van der Waals surface area contributed by atoms with Crippen LogP contribution >= 0.6 is 0 Å². The second kappa shape index (κ2) is 17.2. The molecule has 0 fully saturated rings. The third kappa shape index (κ3) is 10.1. The van der Waals surface area contributed by atoms with Crippen LogP contribution in [0.2, 0.25) is 0 Å². The van der Waals surface area contributed by atoms with Crippen LogP contribution in [0.5, 0.6) is 11.5 Å². The summed E-state index contributed by atoms with van der Waals surface area (Å²) in [6.07, 6.45) is 8.31. The van der Waals surface area contributed by atoms with E-state index in [9.17, 15) is 4.79 Å². The number of carbonyl (C=O) groups is 1. The first kappa shape index (κ1) is 31.9. The molecule has 0 aliphatic rings. The lowest BCUT2D eigenvalue weighted by atomic mass is 10.1. The van der Waals surface area contributed by atoms with Crippen molar-refractivity contribution < 1.29 is 19.0 Å². The fourth-order valence-electron chi connectivity index (χ4n) is 5.29. The van der Waals surface area contributed by atoms with Gasteiger partial charge in [0.25, 0.3) is 0 Å². The van der Waals surface area contributed by atoms with E-state index in [0.717, 1.165) is 48.6 Å². The number of hydrogen-bond acceptors (Lipinski definition) is 4. The predicted octanol–water partition coefficient (Wildman–Crippen LogP) is 9.00. The minimum Gasteiger partial charge on any atom is -0.494 e. The van der Waals surface area contributed by atoms with Crippen molar-refractivity contribution in [1.29, 1.82) is 0 Å². The zero-order valence-corrected chi connectivity index (χ0v) is 26.1. The number of ether oxygens (including phenoxy) is 3. The molecular weight excluding hydrogens is 534 g/mol. The fraction of sp³-hybridized carbons (Fsp3) is 0.395. The van der Waals surface area contributed by atoms with Crippen molar-refractivity contribution in [2.75, 3.05) is 13.2 Å². The van der Waals surface area contributed by atoms with Crippen LogP contribution in [0.15, 0.2) is 91.0 Å². The molecule has 3 aromatic carbocycles. The molecular formula is C38H47NO4. The molecule has 0 bridgehead atoms. The summed E-state index contributed by atoms with van der Waals surface area (Å²) in [4.78, 5) is 12.6. The lowest BCUT2D eigenvalue weighted by molar-refractivity contribution is -0.151. The monoisotopic (exact) mass is 581 g/mol. The van der Waals surface area contributed by atoms with Gasteiger partial charge in [-0.1, -0.05) is 81.5 Å². The molecule has 1 heterocycles. The largest absolute Gasteiger partial charge is 0.494 e. The normalized spacial score (nSPS) is 11.7. The van der Waals surface area contributed by atoms with E-state index >= 15 is 0 Å². The zero-order valence-electron chi connectivity index (χ0n) is 26.1. The fourth-order valence-corrected chi connectivity index (χ4v) is 5.29. The van der Waals surface area contributed by atoms with Crippen LogP contribution in [0.25, 0.3) is 11.3 Å². The molecule has 5 heteroatoms. The Balaban J connectivity index is 1.33. The van der Waals surface area contributed by atoms with E-state index in [2.05, 4.69) is 66.9 Å². The molecule has 0 radical (unpaired) electrons. The van der Waals surface area contributed by atoms with Gasteiger partial charge in [0.1, 0.15) is 11.5 Å². The highest BCUT2D eigenvalue weighted by atomic mass is 16.6. The Morgan fingerprint density at radius 1 is 0.744 bits per heavy atom. The number of aromatic nitrogens is 1. The molecule has 0 amide bonds. The number of carbonyl (C=O) groups excluding carboxylic acids is 1. The van der Waals surface area contributed by atoms with Crippen molar-refractivity contribution in [1.82, 2.24) is 4.57 Å². The summed E-state index contributed by atoms with van der Waals surface area (Å²) in [6.45, 7) is 8.20. The summed E-state index contributed by atoms with van der Waals surface area (Å²) in [5.41, 5.74) is 5.81. The molecule has 5 nitrogen and oxygen atoms in total. The molecule has 0 saturated heterocycles. The van der Waals surface area contributed by atoms with Gasteiger partial charge in [-0.15, -0.1) is 0 Å². The van der Waals surface area contributed by atoms with Crippen LogP contribution < -0.4 is 9.47 Å². The maximum absolute atomic E-state index is 12.6. The number of rotatable bonds is 18. The van der Waals surface area contributed by atoms with Gasteiger partial charge in [-0.2, -0.15) is 0 Å². The Labute approximate surface area is 257 Å². The maximum atomic E-state index is 12.6. The first-order valence-corrected chi connectivity index (χ1v) is 15.9. The number of hydrogen-bond donors (Lipinski definition) is 0. The van der Waals surface area contributed by atoms with Crippen LogP contribution in [-0.4, -0.2) is 29.9 Å². The van der Waals surface area contributed by atoms with Gasteiger partial charge < -0.3 is 18.8 Å². The summed E-state index contributed by atoms with van der Waals surface area (Å²) in [5, 5.41) is 0. The van der Waals surface area contributed by atoms with E-state index in [-0.39, 0.29) is 5.97 Å². The second-order valence-electron chi connectivity index (χ2n) is 11.1. The summed E-state index contributed by atoms with van der Waals surface area (Å²) in [5.74, 6) is 1.25. The molecule has 1 aromatic heterocycles. The summed E-state index contributed by atoms with van der Waals surface area (Å²) < 4.78 is 19.7.